The number of carbonyl (C=O) groups excluding carboxylic acids is 1. The summed E-state index contributed by atoms with van der Waals surface area (Å²) in [6.45, 7) is 3.89. The van der Waals surface area contributed by atoms with Crippen LogP contribution in [-0.4, -0.2) is 5.91 Å². The van der Waals surface area contributed by atoms with Gasteiger partial charge in [0.2, 0.25) is 5.91 Å². The number of anilines is 2. The van der Waals surface area contributed by atoms with Crippen molar-refractivity contribution in [1.29, 1.82) is 0 Å². The maximum Gasteiger partial charge on any atom is 0.230 e. The van der Waals surface area contributed by atoms with Gasteiger partial charge in [0.05, 0.1) is 0 Å². The molecule has 14 heavy (non-hydrogen) atoms. The van der Waals surface area contributed by atoms with E-state index in [9.17, 15) is 4.79 Å². The molecule has 2 rings (SSSR count). The third kappa shape index (κ3) is 1.35. The van der Waals surface area contributed by atoms with Gasteiger partial charge in [0.1, 0.15) is 0 Å². The lowest BCUT2D eigenvalue weighted by Gasteiger charge is -2.30. The van der Waals surface area contributed by atoms with Crippen molar-refractivity contribution < 1.29 is 4.79 Å². The Morgan fingerprint density at radius 1 is 1.43 bits per heavy atom. The Morgan fingerprint density at radius 3 is 2.86 bits per heavy atom. The second-order valence-electron chi connectivity index (χ2n) is 4.43. The minimum absolute atomic E-state index is 0.0654. The molecule has 74 valence electrons. The number of amides is 1. The summed E-state index contributed by atoms with van der Waals surface area (Å²) in [4.78, 5) is 11.6. The molecule has 3 N–H and O–H groups in total. The molecule has 0 unspecified atom stereocenters. The molecule has 0 radical (unpaired) electrons. The largest absolute Gasteiger partial charge is 0.399 e. The van der Waals surface area contributed by atoms with E-state index < -0.39 is 0 Å². The van der Waals surface area contributed by atoms with Gasteiger partial charge in [-0.3, -0.25) is 4.79 Å². The molecular formula is C11H14N2O. The van der Waals surface area contributed by atoms with Gasteiger partial charge in [0.25, 0.3) is 0 Å². The summed E-state index contributed by atoms with van der Waals surface area (Å²) in [6, 6.07) is 5.65. The molecule has 1 aliphatic rings. The topological polar surface area (TPSA) is 55.1 Å². The summed E-state index contributed by atoms with van der Waals surface area (Å²) in [5.41, 5.74) is 8.02. The summed E-state index contributed by atoms with van der Waals surface area (Å²) in [5, 5.41) is 2.87. The van der Waals surface area contributed by atoms with Crippen molar-refractivity contribution in [2.75, 3.05) is 11.1 Å². The molecular weight excluding hydrogens is 176 g/mol. The number of nitrogens with two attached hydrogens (primary N) is 1. The van der Waals surface area contributed by atoms with E-state index in [1.807, 2.05) is 32.0 Å². The first-order chi connectivity index (χ1) is 6.49. The highest BCUT2D eigenvalue weighted by molar-refractivity contribution is 5.98. The van der Waals surface area contributed by atoms with Crippen LogP contribution in [0, 0.1) is 5.41 Å². The fourth-order valence-electron chi connectivity index (χ4n) is 1.71. The van der Waals surface area contributed by atoms with Crippen molar-refractivity contribution in [3.63, 3.8) is 0 Å². The number of rotatable bonds is 0. The maximum atomic E-state index is 11.6. The quantitative estimate of drug-likeness (QED) is 0.613. The lowest BCUT2D eigenvalue weighted by atomic mass is 9.81. The van der Waals surface area contributed by atoms with Crippen molar-refractivity contribution in [3.05, 3.63) is 23.8 Å². The average molecular weight is 190 g/mol. The van der Waals surface area contributed by atoms with Crippen molar-refractivity contribution in [3.8, 4) is 0 Å². The molecule has 3 heteroatoms. The summed E-state index contributed by atoms with van der Waals surface area (Å²) in [5.74, 6) is 0.0654. The van der Waals surface area contributed by atoms with Crippen LogP contribution in [0.2, 0.25) is 0 Å². The van der Waals surface area contributed by atoms with Crippen LogP contribution in [0.1, 0.15) is 19.4 Å². The van der Waals surface area contributed by atoms with Crippen LogP contribution in [0.15, 0.2) is 18.2 Å². The minimum atomic E-state index is -0.316. The molecule has 1 aromatic rings. The molecule has 1 heterocycles. The van der Waals surface area contributed by atoms with Gasteiger partial charge in [-0.15, -0.1) is 0 Å². The number of hydrogen-bond donors (Lipinski definition) is 2. The van der Waals surface area contributed by atoms with Crippen LogP contribution < -0.4 is 11.1 Å². The van der Waals surface area contributed by atoms with Crippen LogP contribution in [0.4, 0.5) is 11.4 Å². The zero-order valence-corrected chi connectivity index (χ0v) is 8.42. The smallest absolute Gasteiger partial charge is 0.230 e. The van der Waals surface area contributed by atoms with E-state index in [0.29, 0.717) is 5.69 Å². The first-order valence-electron chi connectivity index (χ1n) is 4.69. The first-order valence-corrected chi connectivity index (χ1v) is 4.69. The molecule has 0 aliphatic carbocycles. The standard InChI is InChI=1S/C11H14N2O/c1-11(2)6-7-3-4-8(12)5-9(7)13-10(11)14/h3-5H,6,12H2,1-2H3,(H,13,14). The Morgan fingerprint density at radius 2 is 2.14 bits per heavy atom. The van der Waals surface area contributed by atoms with E-state index >= 15 is 0 Å². The number of carbonyl (C=O) groups is 1. The Balaban J connectivity index is 2.46. The van der Waals surface area contributed by atoms with E-state index in [4.69, 9.17) is 5.73 Å². The third-order valence-electron chi connectivity index (χ3n) is 2.63. The molecule has 0 fully saturated rings. The summed E-state index contributed by atoms with van der Waals surface area (Å²) >= 11 is 0. The fourth-order valence-corrected chi connectivity index (χ4v) is 1.71. The number of nitrogens with one attached hydrogen (secondary N) is 1. The molecule has 0 atom stereocenters. The van der Waals surface area contributed by atoms with Gasteiger partial charge in [-0.05, 0) is 24.1 Å². The van der Waals surface area contributed by atoms with Gasteiger partial charge in [0.15, 0.2) is 0 Å². The minimum Gasteiger partial charge on any atom is -0.399 e. The number of fused-ring (bicyclic) bond motifs is 1. The predicted molar refractivity (Wildman–Crippen MR) is 57.0 cm³/mol. The summed E-state index contributed by atoms with van der Waals surface area (Å²) in [6.07, 6.45) is 0.772. The molecule has 0 spiro atoms. The Kier molecular flexibility index (Phi) is 1.77. The lowest BCUT2D eigenvalue weighted by molar-refractivity contribution is -0.124. The molecule has 1 aromatic carbocycles. The van der Waals surface area contributed by atoms with Crippen molar-refractivity contribution in [1.82, 2.24) is 0 Å². The van der Waals surface area contributed by atoms with Crippen LogP contribution >= 0.6 is 0 Å². The van der Waals surface area contributed by atoms with E-state index in [-0.39, 0.29) is 11.3 Å². The Labute approximate surface area is 83.3 Å². The summed E-state index contributed by atoms with van der Waals surface area (Å²) in [7, 11) is 0. The van der Waals surface area contributed by atoms with Crippen LogP contribution in [0.5, 0.6) is 0 Å². The van der Waals surface area contributed by atoms with Crippen molar-refractivity contribution in [2.24, 2.45) is 5.41 Å². The zero-order valence-electron chi connectivity index (χ0n) is 8.42. The van der Waals surface area contributed by atoms with E-state index in [1.165, 1.54) is 0 Å². The highest BCUT2D eigenvalue weighted by Gasteiger charge is 2.33. The van der Waals surface area contributed by atoms with E-state index in [1.54, 1.807) is 0 Å². The fraction of sp³-hybridized carbons (Fsp3) is 0.364. The zero-order chi connectivity index (χ0) is 10.3. The second kappa shape index (κ2) is 2.74. The molecule has 0 aromatic heterocycles. The highest BCUT2D eigenvalue weighted by atomic mass is 16.2. The van der Waals surface area contributed by atoms with Gasteiger partial charge in [-0.1, -0.05) is 19.9 Å². The lowest BCUT2D eigenvalue weighted by Crippen LogP contribution is -2.37. The van der Waals surface area contributed by atoms with Gasteiger partial charge < -0.3 is 11.1 Å². The van der Waals surface area contributed by atoms with Gasteiger partial charge in [-0.2, -0.15) is 0 Å². The normalized spacial score (nSPS) is 18.6. The highest BCUT2D eigenvalue weighted by Crippen LogP contribution is 2.33. The number of nitrogen functional groups attached to an aromatic ring is 1. The second-order valence-corrected chi connectivity index (χ2v) is 4.43. The SMILES string of the molecule is CC1(C)Cc2ccc(N)cc2NC1=O. The van der Waals surface area contributed by atoms with Gasteiger partial charge >= 0.3 is 0 Å². The number of hydrogen-bond acceptors (Lipinski definition) is 2. The van der Waals surface area contributed by atoms with E-state index in [2.05, 4.69) is 5.32 Å². The third-order valence-corrected chi connectivity index (χ3v) is 2.63. The average Bonchev–Trinajstić information content (AvgIpc) is 2.08. The van der Waals surface area contributed by atoms with Crippen molar-refractivity contribution >= 4 is 17.3 Å². The summed E-state index contributed by atoms with van der Waals surface area (Å²) < 4.78 is 0. The van der Waals surface area contributed by atoms with Crippen LogP contribution in [0.25, 0.3) is 0 Å². The van der Waals surface area contributed by atoms with E-state index in [0.717, 1.165) is 17.7 Å². The Bertz CT molecular complexity index is 396. The van der Waals surface area contributed by atoms with Gasteiger partial charge in [0, 0.05) is 16.8 Å². The molecule has 0 saturated heterocycles. The molecule has 0 saturated carbocycles. The Hall–Kier alpha value is -1.51. The van der Waals surface area contributed by atoms with Crippen molar-refractivity contribution in [2.45, 2.75) is 20.3 Å². The first kappa shape index (κ1) is 9.06. The predicted octanol–water partition coefficient (Wildman–Crippen LogP) is 1.79. The monoisotopic (exact) mass is 190 g/mol. The molecule has 1 aliphatic heterocycles. The maximum absolute atomic E-state index is 11.6. The van der Waals surface area contributed by atoms with Crippen LogP contribution in [-0.2, 0) is 11.2 Å². The molecule has 3 nitrogen and oxygen atoms in total. The molecule has 1 amide bonds. The molecule has 0 bridgehead atoms. The number of benzene rings is 1. The van der Waals surface area contributed by atoms with Crippen LogP contribution in [0.3, 0.4) is 0 Å². The van der Waals surface area contributed by atoms with Gasteiger partial charge in [-0.25, -0.2) is 0 Å².